The SMILES string of the molecule is C[C@H](O[Si](c1ccccc1)(c1ccccc1)C(C)(C)C)C(=O)O[C@H](C)C(=O)O[C@H](C)C(=O)O[C@H](C)C(=O)O[C@H](C)C(=O)O[C@H](C)C(=O)O. The number of aliphatic carboxylic acids is 1. The van der Waals surface area contributed by atoms with Crippen LogP contribution in [0, 0.1) is 0 Å². The number of ether oxygens (including phenoxy) is 5. The van der Waals surface area contributed by atoms with Crippen LogP contribution in [0.3, 0.4) is 0 Å². The van der Waals surface area contributed by atoms with Gasteiger partial charge in [0.25, 0.3) is 8.32 Å². The molecule has 1 N–H and O–H groups in total. The van der Waals surface area contributed by atoms with E-state index in [0.29, 0.717) is 0 Å². The van der Waals surface area contributed by atoms with Crippen LogP contribution >= 0.6 is 0 Å². The van der Waals surface area contributed by atoms with Crippen molar-refractivity contribution < 1.29 is 62.0 Å². The number of benzene rings is 2. The molecule has 262 valence electrons. The summed E-state index contributed by atoms with van der Waals surface area (Å²) >= 11 is 0. The van der Waals surface area contributed by atoms with Crippen LogP contribution in [0.4, 0.5) is 0 Å². The summed E-state index contributed by atoms with van der Waals surface area (Å²) in [6, 6.07) is 19.3. The molecule has 0 saturated heterocycles. The Labute approximate surface area is 280 Å². The third-order valence-electron chi connectivity index (χ3n) is 7.24. The average Bonchev–Trinajstić information content (AvgIpc) is 3.03. The summed E-state index contributed by atoms with van der Waals surface area (Å²) in [6.07, 6.45) is -8.52. The lowest BCUT2D eigenvalue weighted by atomic mass is 10.2. The number of carboxylic acids is 1. The standard InChI is InChI=1S/C34H44O13Si/c1-20(28(35)36)42-29(37)21(2)43-30(38)22(3)44-31(39)23(4)45-32(40)24(5)46-33(41)25(6)47-48(34(7,8)9,26-16-12-10-13-17-26)27-18-14-11-15-19-27/h10-25H,1-9H3,(H,35,36)/t20-,21-,22-,23-,24-,25+/m1/s1. The first kappa shape index (κ1) is 39.6. The van der Waals surface area contributed by atoms with Crippen molar-refractivity contribution in [1.82, 2.24) is 0 Å². The van der Waals surface area contributed by atoms with E-state index in [1.807, 2.05) is 60.7 Å². The Morgan fingerprint density at radius 2 is 0.771 bits per heavy atom. The van der Waals surface area contributed by atoms with Crippen molar-refractivity contribution in [3.8, 4) is 0 Å². The van der Waals surface area contributed by atoms with Crippen molar-refractivity contribution in [2.45, 2.75) is 104 Å². The van der Waals surface area contributed by atoms with Crippen molar-refractivity contribution >= 4 is 54.5 Å². The van der Waals surface area contributed by atoms with E-state index in [0.717, 1.165) is 31.1 Å². The topological polar surface area (TPSA) is 178 Å². The lowest BCUT2D eigenvalue weighted by Gasteiger charge is -2.44. The predicted octanol–water partition coefficient (Wildman–Crippen LogP) is 2.69. The molecular formula is C34H44O13Si. The summed E-state index contributed by atoms with van der Waals surface area (Å²) in [5.41, 5.74) is 0. The van der Waals surface area contributed by atoms with E-state index in [4.69, 9.17) is 28.5 Å². The van der Waals surface area contributed by atoms with Crippen molar-refractivity contribution in [3.05, 3.63) is 60.7 Å². The fourth-order valence-electron chi connectivity index (χ4n) is 4.60. The second-order valence-electron chi connectivity index (χ2n) is 12.2. The molecule has 2 aromatic carbocycles. The molecule has 0 fully saturated rings. The Morgan fingerprint density at radius 1 is 0.500 bits per heavy atom. The summed E-state index contributed by atoms with van der Waals surface area (Å²) in [6.45, 7) is 13.6. The van der Waals surface area contributed by atoms with Crippen molar-refractivity contribution in [1.29, 1.82) is 0 Å². The van der Waals surface area contributed by atoms with Gasteiger partial charge in [-0.3, -0.25) is 0 Å². The second kappa shape index (κ2) is 17.0. The third kappa shape index (κ3) is 10.2. The Morgan fingerprint density at radius 3 is 1.04 bits per heavy atom. The van der Waals surface area contributed by atoms with Crippen LogP contribution in [-0.2, 0) is 56.9 Å². The van der Waals surface area contributed by atoms with E-state index in [2.05, 4.69) is 25.5 Å². The first-order valence-corrected chi connectivity index (χ1v) is 17.3. The van der Waals surface area contributed by atoms with E-state index in [1.165, 1.54) is 13.8 Å². The number of rotatable bonds is 15. The van der Waals surface area contributed by atoms with Gasteiger partial charge in [-0.25, -0.2) is 28.8 Å². The molecule has 13 nitrogen and oxygen atoms in total. The molecule has 0 saturated carbocycles. The first-order valence-electron chi connectivity index (χ1n) is 15.4. The van der Waals surface area contributed by atoms with Gasteiger partial charge in [0.1, 0.15) is 6.10 Å². The van der Waals surface area contributed by atoms with Gasteiger partial charge < -0.3 is 33.2 Å². The maximum absolute atomic E-state index is 13.3. The Kier molecular flexibility index (Phi) is 14.0. The zero-order valence-electron chi connectivity index (χ0n) is 28.6. The van der Waals surface area contributed by atoms with Crippen LogP contribution < -0.4 is 10.4 Å². The van der Waals surface area contributed by atoms with E-state index < -0.39 is 85.8 Å². The zero-order chi connectivity index (χ0) is 36.4. The number of esters is 5. The van der Waals surface area contributed by atoms with Gasteiger partial charge >= 0.3 is 35.8 Å². The Bertz CT molecular complexity index is 1400. The second-order valence-corrected chi connectivity index (χ2v) is 16.4. The van der Waals surface area contributed by atoms with Crippen LogP contribution in [0.25, 0.3) is 0 Å². The molecule has 14 heteroatoms. The zero-order valence-corrected chi connectivity index (χ0v) is 29.6. The van der Waals surface area contributed by atoms with Crippen molar-refractivity contribution in [2.24, 2.45) is 0 Å². The monoisotopic (exact) mass is 688 g/mol. The summed E-state index contributed by atoms with van der Waals surface area (Å²) < 4.78 is 31.7. The number of carboxylic acid groups (broad SMARTS) is 1. The largest absolute Gasteiger partial charge is 0.479 e. The van der Waals surface area contributed by atoms with Gasteiger partial charge in [-0.05, 0) is 57.0 Å². The van der Waals surface area contributed by atoms with Gasteiger partial charge in [-0.2, -0.15) is 0 Å². The van der Waals surface area contributed by atoms with Gasteiger partial charge in [0.15, 0.2) is 30.5 Å². The molecule has 0 heterocycles. The van der Waals surface area contributed by atoms with Gasteiger partial charge in [-0.15, -0.1) is 0 Å². The fourth-order valence-corrected chi connectivity index (χ4v) is 9.24. The summed E-state index contributed by atoms with van der Waals surface area (Å²) in [7, 11) is -3.11. The lowest BCUT2D eigenvalue weighted by molar-refractivity contribution is -0.186. The van der Waals surface area contributed by atoms with Crippen LogP contribution in [-0.4, -0.2) is 85.9 Å². The Balaban J connectivity index is 2.03. The summed E-state index contributed by atoms with van der Waals surface area (Å²) in [4.78, 5) is 73.6. The highest BCUT2D eigenvalue weighted by atomic mass is 28.4. The molecule has 0 aliphatic rings. The molecule has 2 aromatic rings. The molecule has 0 aromatic heterocycles. The number of hydrogen-bond donors (Lipinski definition) is 1. The summed E-state index contributed by atoms with van der Waals surface area (Å²) in [5, 5.41) is 10.3. The van der Waals surface area contributed by atoms with Crippen LogP contribution in [0.1, 0.15) is 62.3 Å². The quantitative estimate of drug-likeness (QED) is 0.164. The maximum atomic E-state index is 13.3. The fraction of sp³-hybridized carbons (Fsp3) is 0.471. The van der Waals surface area contributed by atoms with E-state index >= 15 is 0 Å². The average molecular weight is 689 g/mol. The Hall–Kier alpha value is -4.56. The van der Waals surface area contributed by atoms with Crippen LogP contribution in [0.5, 0.6) is 0 Å². The van der Waals surface area contributed by atoms with Crippen molar-refractivity contribution in [2.75, 3.05) is 0 Å². The normalized spacial score (nSPS) is 15.4. The minimum Gasteiger partial charge on any atom is -0.479 e. The summed E-state index contributed by atoms with van der Waals surface area (Å²) in [5.74, 6) is -6.63. The van der Waals surface area contributed by atoms with E-state index in [1.54, 1.807) is 6.92 Å². The minimum atomic E-state index is -3.11. The highest BCUT2D eigenvalue weighted by Gasteiger charge is 2.52. The number of hydrogen-bond acceptors (Lipinski definition) is 12. The van der Waals surface area contributed by atoms with Crippen molar-refractivity contribution in [3.63, 3.8) is 0 Å². The smallest absolute Gasteiger partial charge is 0.347 e. The molecule has 0 radical (unpaired) electrons. The van der Waals surface area contributed by atoms with Gasteiger partial charge in [0.05, 0.1) is 0 Å². The molecule has 0 aliphatic carbocycles. The molecular weight excluding hydrogens is 644 g/mol. The molecule has 2 rings (SSSR count). The van der Waals surface area contributed by atoms with Gasteiger partial charge in [0.2, 0.25) is 0 Å². The molecule has 0 bridgehead atoms. The number of carbonyl (C=O) groups is 6. The molecule has 0 spiro atoms. The van der Waals surface area contributed by atoms with E-state index in [9.17, 15) is 28.8 Å². The minimum absolute atomic E-state index is 0.422. The maximum Gasteiger partial charge on any atom is 0.347 e. The predicted molar refractivity (Wildman–Crippen MR) is 174 cm³/mol. The molecule has 48 heavy (non-hydrogen) atoms. The molecule has 0 aliphatic heterocycles. The molecule has 6 atom stereocenters. The third-order valence-corrected chi connectivity index (χ3v) is 12.4. The molecule has 0 amide bonds. The highest BCUT2D eigenvalue weighted by Crippen LogP contribution is 2.37. The van der Waals surface area contributed by atoms with Crippen LogP contribution in [0.2, 0.25) is 5.04 Å². The number of carbonyl (C=O) groups excluding carboxylic acids is 5. The lowest BCUT2D eigenvalue weighted by Crippen LogP contribution is -2.68. The highest BCUT2D eigenvalue weighted by molar-refractivity contribution is 6.99. The van der Waals surface area contributed by atoms with Crippen LogP contribution in [0.15, 0.2) is 60.7 Å². The van der Waals surface area contributed by atoms with E-state index in [-0.39, 0.29) is 0 Å². The first-order chi connectivity index (χ1) is 22.3. The van der Waals surface area contributed by atoms with Gasteiger partial charge in [-0.1, -0.05) is 81.4 Å². The molecule has 0 unspecified atom stereocenters. The van der Waals surface area contributed by atoms with Gasteiger partial charge in [0, 0.05) is 0 Å².